The molecule has 6 heteroatoms. The SMILES string of the molecule is NCCCSN(CC(=O)O)CC1CCCN1. The number of carboxylic acids is 1. The largest absolute Gasteiger partial charge is 0.480 e. The van der Waals surface area contributed by atoms with Gasteiger partial charge in [0, 0.05) is 18.3 Å². The van der Waals surface area contributed by atoms with E-state index in [2.05, 4.69) is 5.32 Å². The number of aliphatic carboxylic acids is 1. The molecule has 4 N–H and O–H groups in total. The van der Waals surface area contributed by atoms with Gasteiger partial charge in [0.15, 0.2) is 0 Å². The van der Waals surface area contributed by atoms with E-state index in [-0.39, 0.29) is 6.54 Å². The molecule has 1 unspecified atom stereocenters. The van der Waals surface area contributed by atoms with Gasteiger partial charge in [-0.15, -0.1) is 0 Å². The van der Waals surface area contributed by atoms with E-state index in [9.17, 15) is 4.79 Å². The van der Waals surface area contributed by atoms with E-state index in [0.717, 1.165) is 31.7 Å². The van der Waals surface area contributed by atoms with Gasteiger partial charge in [-0.3, -0.25) is 4.79 Å². The fourth-order valence-electron chi connectivity index (χ4n) is 1.75. The molecule has 0 saturated carbocycles. The highest BCUT2D eigenvalue weighted by molar-refractivity contribution is 7.97. The number of carbonyl (C=O) groups is 1. The summed E-state index contributed by atoms with van der Waals surface area (Å²) in [4.78, 5) is 10.7. The van der Waals surface area contributed by atoms with Gasteiger partial charge < -0.3 is 16.2 Å². The van der Waals surface area contributed by atoms with Crippen molar-refractivity contribution in [3.8, 4) is 0 Å². The van der Waals surface area contributed by atoms with Gasteiger partial charge >= 0.3 is 5.97 Å². The highest BCUT2D eigenvalue weighted by Crippen LogP contribution is 2.15. The van der Waals surface area contributed by atoms with Crippen molar-refractivity contribution in [3.05, 3.63) is 0 Å². The fourth-order valence-corrected chi connectivity index (χ4v) is 2.79. The van der Waals surface area contributed by atoms with E-state index < -0.39 is 5.97 Å². The molecule has 0 aromatic heterocycles. The van der Waals surface area contributed by atoms with E-state index in [1.165, 1.54) is 6.42 Å². The van der Waals surface area contributed by atoms with E-state index in [1.54, 1.807) is 11.9 Å². The van der Waals surface area contributed by atoms with Gasteiger partial charge in [0.1, 0.15) is 6.54 Å². The van der Waals surface area contributed by atoms with Crippen molar-refractivity contribution in [1.29, 1.82) is 0 Å². The van der Waals surface area contributed by atoms with Gasteiger partial charge in [0.25, 0.3) is 0 Å². The summed E-state index contributed by atoms with van der Waals surface area (Å²) in [5, 5.41) is 12.2. The zero-order valence-electron chi connectivity index (χ0n) is 9.52. The lowest BCUT2D eigenvalue weighted by Crippen LogP contribution is -2.36. The summed E-state index contributed by atoms with van der Waals surface area (Å²) < 4.78 is 1.93. The number of nitrogens with zero attached hydrogens (tertiary/aromatic N) is 1. The van der Waals surface area contributed by atoms with Crippen LogP contribution in [-0.2, 0) is 4.79 Å². The second-order valence-corrected chi connectivity index (χ2v) is 5.17. The van der Waals surface area contributed by atoms with E-state index in [1.807, 2.05) is 4.31 Å². The average Bonchev–Trinajstić information content (AvgIpc) is 2.69. The summed E-state index contributed by atoms with van der Waals surface area (Å²) in [5.74, 6) is 0.134. The molecule has 0 aromatic carbocycles. The first kappa shape index (κ1) is 13.8. The summed E-state index contributed by atoms with van der Waals surface area (Å²) in [6.07, 6.45) is 3.27. The van der Waals surface area contributed by atoms with Gasteiger partial charge in [-0.1, -0.05) is 11.9 Å². The molecule has 0 radical (unpaired) electrons. The number of nitrogens with two attached hydrogens (primary N) is 1. The van der Waals surface area contributed by atoms with Crippen LogP contribution in [0.3, 0.4) is 0 Å². The second-order valence-electron chi connectivity index (χ2n) is 3.98. The standard InChI is InChI=1S/C10H21N3O2S/c11-4-2-6-16-13(8-10(14)15)7-9-3-1-5-12-9/h9,12H,1-8,11H2,(H,14,15). The van der Waals surface area contributed by atoms with Crippen LogP contribution in [0, 0.1) is 0 Å². The smallest absolute Gasteiger partial charge is 0.318 e. The molecule has 1 aliphatic heterocycles. The van der Waals surface area contributed by atoms with Crippen LogP contribution in [0.25, 0.3) is 0 Å². The molecule has 0 amide bonds. The van der Waals surface area contributed by atoms with E-state index in [0.29, 0.717) is 12.6 Å². The second kappa shape index (κ2) is 7.89. The van der Waals surface area contributed by atoms with Crippen molar-refractivity contribution in [2.24, 2.45) is 5.73 Å². The van der Waals surface area contributed by atoms with Crippen molar-refractivity contribution < 1.29 is 9.90 Å². The minimum absolute atomic E-state index is 0.105. The van der Waals surface area contributed by atoms with Crippen LogP contribution in [-0.4, -0.2) is 53.4 Å². The molecule has 0 aliphatic carbocycles. The molecule has 0 aromatic rings. The van der Waals surface area contributed by atoms with Gasteiger partial charge in [-0.25, -0.2) is 4.31 Å². The summed E-state index contributed by atoms with van der Waals surface area (Å²) >= 11 is 1.59. The summed E-state index contributed by atoms with van der Waals surface area (Å²) in [7, 11) is 0. The number of nitrogens with one attached hydrogen (secondary N) is 1. The molecule has 16 heavy (non-hydrogen) atoms. The molecule has 1 rings (SSSR count). The lowest BCUT2D eigenvalue weighted by atomic mass is 10.2. The lowest BCUT2D eigenvalue weighted by Gasteiger charge is -2.22. The topological polar surface area (TPSA) is 78.6 Å². The predicted octanol–water partition coefficient (Wildman–Crippen LogP) is 0.122. The lowest BCUT2D eigenvalue weighted by molar-refractivity contribution is -0.137. The molecular weight excluding hydrogens is 226 g/mol. The third-order valence-electron chi connectivity index (χ3n) is 2.52. The van der Waals surface area contributed by atoms with Gasteiger partial charge in [-0.05, 0) is 32.4 Å². The Morgan fingerprint density at radius 3 is 3.00 bits per heavy atom. The monoisotopic (exact) mass is 247 g/mol. The molecule has 1 fully saturated rings. The Bertz CT molecular complexity index is 210. The average molecular weight is 247 g/mol. The molecule has 1 heterocycles. The first-order chi connectivity index (χ1) is 7.72. The van der Waals surface area contributed by atoms with Gasteiger partial charge in [0.05, 0.1) is 0 Å². The highest BCUT2D eigenvalue weighted by atomic mass is 32.2. The molecule has 5 nitrogen and oxygen atoms in total. The Balaban J connectivity index is 2.27. The molecular formula is C10H21N3O2S. The Morgan fingerprint density at radius 1 is 1.62 bits per heavy atom. The van der Waals surface area contributed by atoms with E-state index in [4.69, 9.17) is 10.8 Å². The number of hydrogen-bond donors (Lipinski definition) is 3. The van der Waals surface area contributed by atoms with Crippen LogP contribution in [0.4, 0.5) is 0 Å². The number of rotatable bonds is 8. The van der Waals surface area contributed by atoms with Crippen LogP contribution in [0.5, 0.6) is 0 Å². The number of carboxylic acid groups (broad SMARTS) is 1. The molecule has 1 aliphatic rings. The summed E-state index contributed by atoms with van der Waals surface area (Å²) in [5.41, 5.74) is 5.42. The minimum Gasteiger partial charge on any atom is -0.480 e. The van der Waals surface area contributed by atoms with Crippen molar-refractivity contribution in [2.75, 3.05) is 31.9 Å². The maximum absolute atomic E-state index is 10.7. The first-order valence-corrected chi connectivity index (χ1v) is 6.69. The Kier molecular flexibility index (Phi) is 6.79. The third kappa shape index (κ3) is 5.69. The van der Waals surface area contributed by atoms with Gasteiger partial charge in [0.2, 0.25) is 0 Å². The zero-order valence-corrected chi connectivity index (χ0v) is 10.3. The quantitative estimate of drug-likeness (QED) is 0.418. The van der Waals surface area contributed by atoms with Crippen LogP contribution in [0.15, 0.2) is 0 Å². The molecule has 94 valence electrons. The number of hydrogen-bond acceptors (Lipinski definition) is 5. The minimum atomic E-state index is -0.766. The predicted molar refractivity (Wildman–Crippen MR) is 66.4 cm³/mol. The Labute approximate surface area is 101 Å². The van der Waals surface area contributed by atoms with Crippen molar-refractivity contribution in [1.82, 2.24) is 9.62 Å². The highest BCUT2D eigenvalue weighted by Gasteiger charge is 2.19. The maximum Gasteiger partial charge on any atom is 0.318 e. The van der Waals surface area contributed by atoms with Crippen LogP contribution < -0.4 is 11.1 Å². The maximum atomic E-state index is 10.7. The zero-order chi connectivity index (χ0) is 11.8. The van der Waals surface area contributed by atoms with Crippen LogP contribution >= 0.6 is 11.9 Å². The third-order valence-corrected chi connectivity index (χ3v) is 3.63. The molecule has 0 spiro atoms. The summed E-state index contributed by atoms with van der Waals surface area (Å²) in [6, 6.07) is 0.449. The molecule has 1 atom stereocenters. The van der Waals surface area contributed by atoms with Crippen molar-refractivity contribution in [2.45, 2.75) is 25.3 Å². The Hall–Kier alpha value is -0.300. The summed E-state index contributed by atoms with van der Waals surface area (Å²) in [6.45, 7) is 2.63. The van der Waals surface area contributed by atoms with Crippen molar-refractivity contribution >= 4 is 17.9 Å². The molecule has 0 bridgehead atoms. The van der Waals surface area contributed by atoms with Crippen LogP contribution in [0.2, 0.25) is 0 Å². The van der Waals surface area contributed by atoms with Crippen molar-refractivity contribution in [3.63, 3.8) is 0 Å². The normalized spacial score (nSPS) is 20.5. The first-order valence-electron chi connectivity index (χ1n) is 5.75. The van der Waals surface area contributed by atoms with Gasteiger partial charge in [-0.2, -0.15) is 0 Å². The van der Waals surface area contributed by atoms with E-state index >= 15 is 0 Å². The molecule has 1 saturated heterocycles. The fraction of sp³-hybridized carbons (Fsp3) is 0.900. The Morgan fingerprint density at radius 2 is 2.44 bits per heavy atom. The van der Waals surface area contributed by atoms with Crippen LogP contribution in [0.1, 0.15) is 19.3 Å².